The first-order chi connectivity index (χ1) is 9.58. The summed E-state index contributed by atoms with van der Waals surface area (Å²) in [6.45, 7) is 12.9. The molecular formula is C18H29NOS. The standard InChI is InChI=1S/C18H29NOS/c1-7-18(5,6)11-8-9-12-13(10-11)21-16(19)14(12)15(20)17(2,3)4/h11H,7-10,19H2,1-6H3. The minimum atomic E-state index is -0.359. The molecule has 0 aliphatic heterocycles. The number of thiophene rings is 1. The third-order valence-corrected chi connectivity index (χ3v) is 6.30. The van der Waals surface area contributed by atoms with Crippen molar-refractivity contribution in [2.24, 2.45) is 16.7 Å². The molecule has 118 valence electrons. The van der Waals surface area contributed by atoms with E-state index in [1.54, 1.807) is 11.3 Å². The Kier molecular flexibility index (Phi) is 4.27. The molecule has 1 heterocycles. The molecule has 1 aliphatic rings. The summed E-state index contributed by atoms with van der Waals surface area (Å²) in [6.07, 6.45) is 4.47. The molecule has 3 heteroatoms. The van der Waals surface area contributed by atoms with Gasteiger partial charge in [-0.3, -0.25) is 4.79 Å². The highest BCUT2D eigenvalue weighted by Gasteiger charge is 2.36. The first kappa shape index (κ1) is 16.5. The number of nitrogen functional groups attached to an aromatic ring is 1. The fourth-order valence-electron chi connectivity index (χ4n) is 3.19. The lowest BCUT2D eigenvalue weighted by atomic mass is 9.69. The maximum Gasteiger partial charge on any atom is 0.171 e. The zero-order valence-corrected chi connectivity index (χ0v) is 15.1. The zero-order chi connectivity index (χ0) is 16.0. The highest BCUT2D eigenvalue weighted by atomic mass is 32.1. The number of nitrogens with two attached hydrogens (primary N) is 1. The van der Waals surface area contributed by atoms with Crippen molar-refractivity contribution in [3.05, 3.63) is 16.0 Å². The topological polar surface area (TPSA) is 43.1 Å². The van der Waals surface area contributed by atoms with Gasteiger partial charge in [-0.1, -0.05) is 48.0 Å². The summed E-state index contributed by atoms with van der Waals surface area (Å²) in [5.41, 5.74) is 8.29. The number of anilines is 1. The van der Waals surface area contributed by atoms with E-state index in [4.69, 9.17) is 5.73 Å². The van der Waals surface area contributed by atoms with E-state index in [1.807, 2.05) is 20.8 Å². The van der Waals surface area contributed by atoms with E-state index < -0.39 is 0 Å². The SMILES string of the molecule is CCC(C)(C)C1CCc2c(sc(N)c2C(=O)C(C)(C)C)C1. The van der Waals surface area contributed by atoms with Crippen LogP contribution >= 0.6 is 11.3 Å². The summed E-state index contributed by atoms with van der Waals surface area (Å²) in [4.78, 5) is 14.0. The Morgan fingerprint density at radius 2 is 1.90 bits per heavy atom. The van der Waals surface area contributed by atoms with Crippen LogP contribution in [0.5, 0.6) is 0 Å². The Bertz CT molecular complexity index is 548. The normalized spacial score (nSPS) is 19.4. The van der Waals surface area contributed by atoms with E-state index in [0.29, 0.717) is 11.3 Å². The Morgan fingerprint density at radius 3 is 2.43 bits per heavy atom. The van der Waals surface area contributed by atoms with Crippen molar-refractivity contribution in [1.29, 1.82) is 0 Å². The second kappa shape index (κ2) is 5.42. The van der Waals surface area contributed by atoms with Crippen LogP contribution in [0.1, 0.15) is 75.2 Å². The number of hydrogen-bond donors (Lipinski definition) is 1. The Balaban J connectivity index is 2.36. The predicted molar refractivity (Wildman–Crippen MR) is 92.1 cm³/mol. The number of ketones is 1. The predicted octanol–water partition coefficient (Wildman–Crippen LogP) is 5.10. The van der Waals surface area contributed by atoms with Crippen LogP contribution in [0.4, 0.5) is 5.00 Å². The van der Waals surface area contributed by atoms with Crippen LogP contribution in [0, 0.1) is 16.7 Å². The van der Waals surface area contributed by atoms with Crippen LogP contribution in [-0.4, -0.2) is 5.78 Å². The van der Waals surface area contributed by atoms with Gasteiger partial charge in [-0.2, -0.15) is 0 Å². The van der Waals surface area contributed by atoms with Gasteiger partial charge in [-0.25, -0.2) is 0 Å². The van der Waals surface area contributed by atoms with Gasteiger partial charge in [0, 0.05) is 10.3 Å². The van der Waals surface area contributed by atoms with Crippen LogP contribution < -0.4 is 5.73 Å². The van der Waals surface area contributed by atoms with Crippen molar-refractivity contribution in [2.75, 3.05) is 5.73 Å². The molecule has 0 fully saturated rings. The van der Waals surface area contributed by atoms with Crippen molar-refractivity contribution < 1.29 is 4.79 Å². The van der Waals surface area contributed by atoms with Crippen molar-refractivity contribution in [3.63, 3.8) is 0 Å². The number of Topliss-reactive ketones (excluding diaryl/α,β-unsaturated/α-hetero) is 1. The molecule has 1 atom stereocenters. The van der Waals surface area contributed by atoms with Gasteiger partial charge in [-0.05, 0) is 36.2 Å². The molecular weight excluding hydrogens is 278 g/mol. The molecule has 0 saturated heterocycles. The molecule has 1 aliphatic carbocycles. The highest BCUT2D eigenvalue weighted by Crippen LogP contribution is 2.45. The maximum absolute atomic E-state index is 12.7. The van der Waals surface area contributed by atoms with Crippen LogP contribution in [-0.2, 0) is 12.8 Å². The summed E-state index contributed by atoms with van der Waals surface area (Å²) in [7, 11) is 0. The third-order valence-electron chi connectivity index (χ3n) is 5.22. The Labute approximate surface area is 133 Å². The molecule has 21 heavy (non-hydrogen) atoms. The average molecular weight is 308 g/mol. The minimum Gasteiger partial charge on any atom is -0.390 e. The summed E-state index contributed by atoms with van der Waals surface area (Å²) < 4.78 is 0. The van der Waals surface area contributed by atoms with Gasteiger partial charge in [0.2, 0.25) is 0 Å². The number of fused-ring (bicyclic) bond motifs is 1. The zero-order valence-electron chi connectivity index (χ0n) is 14.3. The van der Waals surface area contributed by atoms with Crippen LogP contribution in [0.2, 0.25) is 0 Å². The molecule has 2 N–H and O–H groups in total. The van der Waals surface area contributed by atoms with E-state index in [2.05, 4.69) is 20.8 Å². The lowest BCUT2D eigenvalue weighted by Crippen LogP contribution is -2.29. The second-order valence-electron chi connectivity index (χ2n) is 8.10. The lowest BCUT2D eigenvalue weighted by Gasteiger charge is -2.36. The minimum absolute atomic E-state index is 0.200. The number of carbonyl (C=O) groups is 1. The van der Waals surface area contributed by atoms with E-state index in [0.717, 1.165) is 23.4 Å². The summed E-state index contributed by atoms with van der Waals surface area (Å²) in [5, 5.41) is 0.731. The summed E-state index contributed by atoms with van der Waals surface area (Å²) in [5.74, 6) is 0.899. The first-order valence-corrected chi connectivity index (χ1v) is 8.84. The van der Waals surface area contributed by atoms with Crippen molar-refractivity contribution in [2.45, 2.75) is 67.2 Å². The molecule has 1 aromatic heterocycles. The number of hydrogen-bond acceptors (Lipinski definition) is 3. The van der Waals surface area contributed by atoms with Crippen LogP contribution in [0.25, 0.3) is 0 Å². The van der Waals surface area contributed by atoms with E-state index >= 15 is 0 Å². The molecule has 0 bridgehead atoms. The fourth-order valence-corrected chi connectivity index (χ4v) is 4.38. The molecule has 0 spiro atoms. The molecule has 0 aromatic carbocycles. The first-order valence-electron chi connectivity index (χ1n) is 8.02. The largest absolute Gasteiger partial charge is 0.390 e. The van der Waals surface area contributed by atoms with E-state index in [1.165, 1.54) is 23.3 Å². The van der Waals surface area contributed by atoms with Gasteiger partial charge in [0.25, 0.3) is 0 Å². The van der Waals surface area contributed by atoms with E-state index in [-0.39, 0.29) is 11.2 Å². The molecule has 0 amide bonds. The van der Waals surface area contributed by atoms with Gasteiger partial charge in [0.15, 0.2) is 5.78 Å². The summed E-state index contributed by atoms with van der Waals surface area (Å²) >= 11 is 1.65. The maximum atomic E-state index is 12.7. The second-order valence-corrected chi connectivity index (χ2v) is 9.24. The van der Waals surface area contributed by atoms with Gasteiger partial charge < -0.3 is 5.73 Å². The molecule has 1 aromatic rings. The van der Waals surface area contributed by atoms with Crippen molar-refractivity contribution >= 4 is 22.1 Å². The van der Waals surface area contributed by atoms with Crippen LogP contribution in [0.15, 0.2) is 0 Å². The molecule has 2 rings (SSSR count). The molecule has 0 saturated carbocycles. The van der Waals surface area contributed by atoms with Crippen molar-refractivity contribution in [3.8, 4) is 0 Å². The summed E-state index contributed by atoms with van der Waals surface area (Å²) in [6, 6.07) is 0. The quantitative estimate of drug-likeness (QED) is 0.789. The van der Waals surface area contributed by atoms with E-state index in [9.17, 15) is 4.79 Å². The highest BCUT2D eigenvalue weighted by molar-refractivity contribution is 7.16. The van der Waals surface area contributed by atoms with Gasteiger partial charge >= 0.3 is 0 Å². The van der Waals surface area contributed by atoms with Gasteiger partial charge in [-0.15, -0.1) is 11.3 Å². The van der Waals surface area contributed by atoms with Crippen molar-refractivity contribution in [1.82, 2.24) is 0 Å². The average Bonchev–Trinajstić information content (AvgIpc) is 2.71. The molecule has 0 radical (unpaired) electrons. The van der Waals surface area contributed by atoms with Crippen LogP contribution in [0.3, 0.4) is 0 Å². The Morgan fingerprint density at radius 1 is 1.29 bits per heavy atom. The number of carbonyl (C=O) groups excluding carboxylic acids is 1. The monoisotopic (exact) mass is 307 g/mol. The lowest BCUT2D eigenvalue weighted by molar-refractivity contribution is 0.0858. The smallest absolute Gasteiger partial charge is 0.171 e. The molecule has 1 unspecified atom stereocenters. The fraction of sp³-hybridized carbons (Fsp3) is 0.722. The number of rotatable bonds is 3. The van der Waals surface area contributed by atoms with Gasteiger partial charge in [0.05, 0.1) is 10.6 Å². The third kappa shape index (κ3) is 3.03. The van der Waals surface area contributed by atoms with Gasteiger partial charge in [0.1, 0.15) is 0 Å². The molecule has 2 nitrogen and oxygen atoms in total. The Hall–Kier alpha value is -0.830.